The quantitative estimate of drug-likeness (QED) is 0.399. The molecule has 0 saturated carbocycles. The number of hydrogen-bond donors (Lipinski definition) is 0. The van der Waals surface area contributed by atoms with E-state index in [9.17, 15) is 4.79 Å². The Bertz CT molecular complexity index is 1150. The maximum absolute atomic E-state index is 12.1. The van der Waals surface area contributed by atoms with Gasteiger partial charge in [0.1, 0.15) is 11.3 Å². The summed E-state index contributed by atoms with van der Waals surface area (Å²) in [4.78, 5) is 15.2. The van der Waals surface area contributed by atoms with E-state index in [1.807, 2.05) is 29.6 Å². The Morgan fingerprint density at radius 1 is 1.14 bits per heavy atom. The molecule has 0 aliphatic heterocycles. The fourth-order valence-corrected chi connectivity index (χ4v) is 3.89. The first-order valence-electron chi connectivity index (χ1n) is 9.35. The highest BCUT2D eigenvalue weighted by Gasteiger charge is 2.16. The number of aromatic nitrogens is 2. The molecular formula is C21H21N3O4S. The molecular weight excluding hydrogens is 390 g/mol. The van der Waals surface area contributed by atoms with Crippen LogP contribution in [0.25, 0.3) is 21.7 Å². The molecule has 3 heterocycles. The number of nitrogens with zero attached hydrogens (tertiary/aromatic N) is 3. The van der Waals surface area contributed by atoms with Crippen molar-refractivity contribution in [1.29, 1.82) is 0 Å². The van der Waals surface area contributed by atoms with E-state index < -0.39 is 0 Å². The van der Waals surface area contributed by atoms with E-state index in [0.717, 1.165) is 28.8 Å². The summed E-state index contributed by atoms with van der Waals surface area (Å²) in [6, 6.07) is 11.0. The van der Waals surface area contributed by atoms with Crippen molar-refractivity contribution in [2.45, 2.75) is 26.4 Å². The molecule has 7 nitrogen and oxygen atoms in total. The lowest BCUT2D eigenvalue weighted by atomic mass is 10.1. The molecule has 0 N–H and O–H groups in total. The van der Waals surface area contributed by atoms with Gasteiger partial charge >= 0.3 is 5.63 Å². The largest absolute Gasteiger partial charge is 0.497 e. The Labute approximate surface area is 171 Å². The first-order chi connectivity index (χ1) is 14.2. The third-order valence-corrected chi connectivity index (χ3v) is 5.39. The van der Waals surface area contributed by atoms with E-state index >= 15 is 0 Å². The molecule has 150 valence electrons. The molecule has 0 aliphatic carbocycles. The number of hydrogen-bond acceptors (Lipinski definition) is 8. The predicted octanol–water partition coefficient (Wildman–Crippen LogP) is 4.33. The number of fused-ring (bicyclic) bond motifs is 1. The van der Waals surface area contributed by atoms with E-state index in [2.05, 4.69) is 22.0 Å². The molecule has 0 aliphatic rings. The second-order valence-electron chi connectivity index (χ2n) is 6.64. The first-order valence-corrected chi connectivity index (χ1v) is 10.2. The maximum atomic E-state index is 12.1. The van der Waals surface area contributed by atoms with Crippen molar-refractivity contribution in [1.82, 2.24) is 15.1 Å². The van der Waals surface area contributed by atoms with Gasteiger partial charge in [-0.05, 0) is 42.1 Å². The highest BCUT2D eigenvalue weighted by Crippen LogP contribution is 2.25. The molecule has 0 unspecified atom stereocenters. The molecule has 8 heteroatoms. The summed E-state index contributed by atoms with van der Waals surface area (Å²) in [7, 11) is 1.58. The molecule has 0 saturated heterocycles. The Morgan fingerprint density at radius 3 is 2.79 bits per heavy atom. The lowest BCUT2D eigenvalue weighted by Crippen LogP contribution is -2.24. The van der Waals surface area contributed by atoms with Crippen LogP contribution >= 0.6 is 11.3 Å². The molecule has 0 radical (unpaired) electrons. The van der Waals surface area contributed by atoms with Crippen molar-refractivity contribution in [2.24, 2.45) is 0 Å². The van der Waals surface area contributed by atoms with Crippen molar-refractivity contribution in [2.75, 3.05) is 13.7 Å². The molecule has 3 aromatic heterocycles. The van der Waals surface area contributed by atoms with Crippen LogP contribution in [0, 0.1) is 0 Å². The van der Waals surface area contributed by atoms with E-state index in [1.54, 1.807) is 30.6 Å². The molecule has 4 rings (SSSR count). The number of methoxy groups -OCH3 is 1. The van der Waals surface area contributed by atoms with Gasteiger partial charge in [0.2, 0.25) is 5.89 Å². The Hall–Kier alpha value is -2.97. The number of thiophene rings is 1. The standard InChI is InChI=1S/C21H21N3O4S/c1-3-8-24(13-19-22-23-21(28-19)18-5-4-9-29-18)12-14-10-20(25)27-17-11-15(26-2)6-7-16(14)17/h4-7,9-11H,3,8,12-13H2,1-2H3. The Kier molecular flexibility index (Phi) is 5.73. The minimum Gasteiger partial charge on any atom is -0.497 e. The van der Waals surface area contributed by atoms with Gasteiger partial charge in [-0.15, -0.1) is 21.5 Å². The predicted molar refractivity (Wildman–Crippen MR) is 111 cm³/mol. The zero-order valence-electron chi connectivity index (χ0n) is 16.3. The van der Waals surface area contributed by atoms with Crippen molar-refractivity contribution in [3.8, 4) is 16.5 Å². The van der Waals surface area contributed by atoms with Crippen LogP contribution in [0.4, 0.5) is 0 Å². The monoisotopic (exact) mass is 411 g/mol. The maximum Gasteiger partial charge on any atom is 0.336 e. The summed E-state index contributed by atoms with van der Waals surface area (Å²) in [5, 5.41) is 11.2. The van der Waals surface area contributed by atoms with E-state index in [0.29, 0.717) is 36.2 Å². The average molecular weight is 411 g/mol. The second-order valence-corrected chi connectivity index (χ2v) is 7.59. The second kappa shape index (κ2) is 8.59. The van der Waals surface area contributed by atoms with Gasteiger partial charge in [0.05, 0.1) is 18.5 Å². The lowest BCUT2D eigenvalue weighted by molar-refractivity contribution is 0.232. The molecule has 0 atom stereocenters. The Balaban J connectivity index is 1.59. The van der Waals surface area contributed by atoms with Crippen molar-refractivity contribution < 1.29 is 13.6 Å². The van der Waals surface area contributed by atoms with Crippen LogP contribution in [-0.2, 0) is 13.1 Å². The third-order valence-electron chi connectivity index (χ3n) is 4.53. The molecule has 4 aromatic rings. The molecule has 0 bridgehead atoms. The summed E-state index contributed by atoms with van der Waals surface area (Å²) in [5.74, 6) is 1.73. The normalized spacial score (nSPS) is 11.4. The van der Waals surface area contributed by atoms with Crippen molar-refractivity contribution in [3.05, 3.63) is 63.7 Å². The summed E-state index contributed by atoms with van der Waals surface area (Å²) >= 11 is 1.56. The summed E-state index contributed by atoms with van der Waals surface area (Å²) in [5.41, 5.74) is 1.03. The van der Waals surface area contributed by atoms with Crippen LogP contribution < -0.4 is 10.4 Å². The number of ether oxygens (including phenoxy) is 1. The zero-order chi connectivity index (χ0) is 20.2. The van der Waals surface area contributed by atoms with Crippen LogP contribution in [-0.4, -0.2) is 28.8 Å². The van der Waals surface area contributed by atoms with E-state index in [4.69, 9.17) is 13.6 Å². The van der Waals surface area contributed by atoms with E-state index in [1.165, 1.54) is 0 Å². The van der Waals surface area contributed by atoms with Gasteiger partial charge in [0.15, 0.2) is 0 Å². The topological polar surface area (TPSA) is 81.6 Å². The molecule has 1 aromatic carbocycles. The smallest absolute Gasteiger partial charge is 0.336 e. The van der Waals surface area contributed by atoms with Crippen LogP contribution in [0.5, 0.6) is 5.75 Å². The van der Waals surface area contributed by atoms with Gasteiger partial charge in [0, 0.05) is 24.1 Å². The highest BCUT2D eigenvalue weighted by molar-refractivity contribution is 7.13. The van der Waals surface area contributed by atoms with Crippen LogP contribution in [0.15, 0.2) is 55.4 Å². The van der Waals surface area contributed by atoms with Crippen molar-refractivity contribution in [3.63, 3.8) is 0 Å². The van der Waals surface area contributed by atoms with Crippen LogP contribution in [0.2, 0.25) is 0 Å². The highest BCUT2D eigenvalue weighted by atomic mass is 32.1. The van der Waals surface area contributed by atoms with Gasteiger partial charge in [-0.25, -0.2) is 4.79 Å². The number of benzene rings is 1. The van der Waals surface area contributed by atoms with Gasteiger partial charge in [-0.1, -0.05) is 13.0 Å². The number of rotatable bonds is 8. The molecule has 29 heavy (non-hydrogen) atoms. The molecule has 0 spiro atoms. The fourth-order valence-electron chi connectivity index (χ4n) is 3.25. The van der Waals surface area contributed by atoms with E-state index in [-0.39, 0.29) is 5.63 Å². The minimum absolute atomic E-state index is 0.380. The average Bonchev–Trinajstić information content (AvgIpc) is 3.39. The summed E-state index contributed by atoms with van der Waals surface area (Å²) in [6.07, 6.45) is 0.957. The summed E-state index contributed by atoms with van der Waals surface area (Å²) < 4.78 is 16.4. The third kappa shape index (κ3) is 4.38. The SMILES string of the molecule is CCCN(Cc1nnc(-c2cccs2)o1)Cc1cc(=O)oc2cc(OC)ccc12. The lowest BCUT2D eigenvalue weighted by Gasteiger charge is -2.20. The van der Waals surface area contributed by atoms with Gasteiger partial charge in [0.25, 0.3) is 5.89 Å². The van der Waals surface area contributed by atoms with Gasteiger partial charge in [-0.2, -0.15) is 0 Å². The van der Waals surface area contributed by atoms with Gasteiger partial charge < -0.3 is 13.6 Å². The van der Waals surface area contributed by atoms with Crippen molar-refractivity contribution >= 4 is 22.3 Å². The van der Waals surface area contributed by atoms with Crippen LogP contribution in [0.3, 0.4) is 0 Å². The molecule has 0 fully saturated rings. The Morgan fingerprint density at radius 2 is 2.03 bits per heavy atom. The van der Waals surface area contributed by atoms with Crippen LogP contribution in [0.1, 0.15) is 24.8 Å². The zero-order valence-corrected chi connectivity index (χ0v) is 17.1. The molecule has 0 amide bonds. The fraction of sp³-hybridized carbons (Fsp3) is 0.286. The minimum atomic E-state index is -0.380. The first kappa shape index (κ1) is 19.4. The van der Waals surface area contributed by atoms with Gasteiger partial charge in [-0.3, -0.25) is 4.90 Å². The summed E-state index contributed by atoms with van der Waals surface area (Å²) in [6.45, 7) is 4.01.